The maximum Gasteiger partial charge on any atom is 0.305 e. The van der Waals surface area contributed by atoms with Crippen molar-refractivity contribution in [1.29, 1.82) is 5.26 Å². The van der Waals surface area contributed by atoms with Crippen molar-refractivity contribution in [2.24, 2.45) is 11.3 Å². The van der Waals surface area contributed by atoms with Gasteiger partial charge in [-0.2, -0.15) is 5.26 Å². The van der Waals surface area contributed by atoms with Crippen LogP contribution in [-0.2, 0) is 70.4 Å². The van der Waals surface area contributed by atoms with Crippen molar-refractivity contribution in [2.75, 3.05) is 0 Å². The van der Waals surface area contributed by atoms with Gasteiger partial charge in [0.15, 0.2) is 0 Å². The molecule has 7 atom stereocenters. The van der Waals surface area contributed by atoms with E-state index in [1.54, 1.807) is 96.1 Å². The Morgan fingerprint density at radius 3 is 1.79 bits per heavy atom. The fourth-order valence-electron chi connectivity index (χ4n) is 7.00. The Morgan fingerprint density at radius 2 is 1.23 bits per heavy atom. The second-order valence-corrected chi connectivity index (χ2v) is 18.1. The average Bonchev–Trinajstić information content (AvgIpc) is 3.29. The van der Waals surface area contributed by atoms with Crippen LogP contribution in [0.3, 0.4) is 0 Å². The number of carbonyl (C=O) groups is 11. The van der Waals surface area contributed by atoms with E-state index in [1.807, 2.05) is 6.07 Å². The fourth-order valence-corrected chi connectivity index (χ4v) is 7.00. The standard InChI is InChI=1S/C48H64N8O15/c1-27(2)22-33(43(66)52-31(20-21-49)40(71-26-57)46(69)50-25-29-13-8-7-9-14-29)55-47(70)41(48(4,5)6)56-45(68)34(23-30-15-11-10-12-28(30)3)54-42(65)32(16-18-37(59)60)53-44(67)35(24-39(63)64)51-36(58)17-19-38(61)62/h7-15,26-27,31-35,40-41H,16-20,22-25H2,1-6H3,(H,50,69)(H,51,58)(H,52,66)(H,53,67)(H,54,65)(H,55,70)(H,56,68)(H,59,60)(H,61,62)(H,63,64)/t31?,32-,33-,34-,35-,40?,41+/m0/s1. The molecule has 7 amide bonds. The molecule has 0 bridgehead atoms. The number of carbonyl (C=O) groups excluding carboxylic acids is 8. The molecule has 2 rings (SSSR count). The number of hydrogen-bond acceptors (Lipinski definition) is 13. The van der Waals surface area contributed by atoms with Crippen LogP contribution in [0.4, 0.5) is 0 Å². The van der Waals surface area contributed by atoms with Crippen LogP contribution in [-0.4, -0.2) is 123 Å². The quantitative estimate of drug-likeness (QED) is 0.0477. The monoisotopic (exact) mass is 992 g/mol. The van der Waals surface area contributed by atoms with Crippen molar-refractivity contribution in [3.05, 3.63) is 71.3 Å². The number of hydrogen-bond donors (Lipinski definition) is 10. The minimum Gasteiger partial charge on any atom is -0.481 e. The lowest BCUT2D eigenvalue weighted by molar-refractivity contribution is -0.148. The molecule has 2 aromatic carbocycles. The van der Waals surface area contributed by atoms with E-state index in [-0.39, 0.29) is 31.8 Å². The van der Waals surface area contributed by atoms with Crippen LogP contribution in [0.25, 0.3) is 0 Å². The van der Waals surface area contributed by atoms with E-state index < -0.39 is 146 Å². The molecule has 0 fully saturated rings. The highest BCUT2D eigenvalue weighted by atomic mass is 16.5. The Labute approximate surface area is 410 Å². The van der Waals surface area contributed by atoms with Crippen LogP contribution in [0, 0.1) is 29.6 Å². The Morgan fingerprint density at radius 1 is 0.662 bits per heavy atom. The molecule has 71 heavy (non-hydrogen) atoms. The fraction of sp³-hybridized carbons (Fsp3) is 0.500. The zero-order chi connectivity index (χ0) is 53.4. The second-order valence-electron chi connectivity index (χ2n) is 18.1. The molecule has 2 unspecified atom stereocenters. The van der Waals surface area contributed by atoms with Crippen molar-refractivity contribution < 1.29 is 72.8 Å². The molecule has 0 aliphatic rings. The van der Waals surface area contributed by atoms with Crippen molar-refractivity contribution in [3.63, 3.8) is 0 Å². The number of carboxylic acids is 3. The lowest BCUT2D eigenvalue weighted by Crippen LogP contribution is -2.62. The minimum absolute atomic E-state index is 0.00239. The first kappa shape index (κ1) is 59.2. The number of aryl methyl sites for hydroxylation is 1. The number of benzene rings is 2. The number of nitrogens with zero attached hydrogens (tertiary/aromatic N) is 1. The van der Waals surface area contributed by atoms with E-state index in [0.717, 1.165) is 0 Å². The summed E-state index contributed by atoms with van der Waals surface area (Å²) in [6, 6.07) is 8.12. The molecule has 0 heterocycles. The molecular weight excluding hydrogens is 929 g/mol. The zero-order valence-electron chi connectivity index (χ0n) is 40.4. The van der Waals surface area contributed by atoms with Crippen LogP contribution in [0.15, 0.2) is 54.6 Å². The van der Waals surface area contributed by atoms with Crippen molar-refractivity contribution in [2.45, 2.75) is 142 Å². The van der Waals surface area contributed by atoms with Crippen molar-refractivity contribution in [1.82, 2.24) is 37.2 Å². The van der Waals surface area contributed by atoms with Crippen LogP contribution >= 0.6 is 0 Å². The Hall–Kier alpha value is -7.90. The SMILES string of the molecule is Cc1ccccc1C[C@H](NC(=O)[C@H](CCC(=O)O)NC(=O)[C@H](CC(=O)O)NC(=O)CCC(=O)O)C(=O)N[C@H](C(=O)N[C@@H](CC(C)C)C(=O)NC(CC#N)C(OC=O)C(=O)NCc1ccccc1)C(C)(C)C. The summed E-state index contributed by atoms with van der Waals surface area (Å²) in [6.45, 7) is 10.1. The summed E-state index contributed by atoms with van der Waals surface area (Å²) in [4.78, 5) is 142. The van der Waals surface area contributed by atoms with Crippen LogP contribution in [0.5, 0.6) is 0 Å². The summed E-state index contributed by atoms with van der Waals surface area (Å²) < 4.78 is 5.06. The number of aliphatic carboxylic acids is 3. The highest BCUT2D eigenvalue weighted by molar-refractivity contribution is 5.98. The first-order chi connectivity index (χ1) is 33.4. The van der Waals surface area contributed by atoms with Gasteiger partial charge in [0, 0.05) is 25.8 Å². The largest absolute Gasteiger partial charge is 0.481 e. The summed E-state index contributed by atoms with van der Waals surface area (Å²) in [6.07, 6.45) is -5.91. The maximum absolute atomic E-state index is 14.5. The smallest absolute Gasteiger partial charge is 0.305 e. The number of ether oxygens (including phenoxy) is 1. The highest BCUT2D eigenvalue weighted by Crippen LogP contribution is 2.21. The van der Waals surface area contributed by atoms with E-state index in [9.17, 15) is 68.2 Å². The van der Waals surface area contributed by atoms with Gasteiger partial charge in [0.1, 0.15) is 30.2 Å². The molecule has 0 aromatic heterocycles. The summed E-state index contributed by atoms with van der Waals surface area (Å²) in [5.74, 6) is -11.3. The predicted octanol–water partition coefficient (Wildman–Crippen LogP) is 0.515. The summed E-state index contributed by atoms with van der Waals surface area (Å²) in [5.41, 5.74) is 0.837. The maximum atomic E-state index is 14.5. The summed E-state index contributed by atoms with van der Waals surface area (Å²) >= 11 is 0. The third-order valence-electron chi connectivity index (χ3n) is 10.7. The molecule has 386 valence electrons. The van der Waals surface area contributed by atoms with Gasteiger partial charge in [-0.25, -0.2) is 0 Å². The van der Waals surface area contributed by atoms with Crippen LogP contribution < -0.4 is 37.2 Å². The van der Waals surface area contributed by atoms with Gasteiger partial charge in [0.2, 0.25) is 41.5 Å². The first-order valence-corrected chi connectivity index (χ1v) is 22.6. The van der Waals surface area contributed by atoms with Crippen LogP contribution in [0.1, 0.15) is 96.3 Å². The van der Waals surface area contributed by atoms with Crippen molar-refractivity contribution >= 4 is 65.7 Å². The molecule has 0 spiro atoms. The van der Waals surface area contributed by atoms with Crippen LogP contribution in [0.2, 0.25) is 0 Å². The topological polar surface area (TPSA) is 366 Å². The predicted molar refractivity (Wildman–Crippen MR) is 251 cm³/mol. The molecule has 2 aromatic rings. The Balaban J connectivity index is 2.49. The molecule has 23 nitrogen and oxygen atoms in total. The van der Waals surface area contributed by atoms with Gasteiger partial charge in [-0.15, -0.1) is 0 Å². The van der Waals surface area contributed by atoms with Gasteiger partial charge >= 0.3 is 17.9 Å². The zero-order valence-corrected chi connectivity index (χ0v) is 40.4. The number of nitrogens with one attached hydrogen (secondary N) is 7. The van der Waals surface area contributed by atoms with Gasteiger partial charge in [0.05, 0.1) is 31.4 Å². The molecule has 10 N–H and O–H groups in total. The lowest BCUT2D eigenvalue weighted by atomic mass is 9.85. The molecule has 0 aliphatic carbocycles. The molecule has 23 heteroatoms. The van der Waals surface area contributed by atoms with Gasteiger partial charge in [-0.05, 0) is 47.8 Å². The Bertz CT molecular complexity index is 2260. The Kier molecular flexibility index (Phi) is 24.4. The number of nitriles is 1. The molecule has 0 saturated carbocycles. The number of amides is 7. The second kappa shape index (κ2) is 29.2. The summed E-state index contributed by atoms with van der Waals surface area (Å²) in [7, 11) is 0. The minimum atomic E-state index is -1.83. The van der Waals surface area contributed by atoms with Gasteiger partial charge in [-0.1, -0.05) is 89.2 Å². The number of rotatable bonds is 30. The molecule has 0 saturated heterocycles. The number of carboxylic acid groups (broad SMARTS) is 3. The van der Waals surface area contributed by atoms with E-state index in [1.165, 1.54) is 0 Å². The molecular formula is C48H64N8O15. The molecule has 0 radical (unpaired) electrons. The highest BCUT2D eigenvalue weighted by Gasteiger charge is 2.39. The third kappa shape index (κ3) is 21.5. The van der Waals surface area contributed by atoms with E-state index in [0.29, 0.717) is 16.7 Å². The van der Waals surface area contributed by atoms with Crippen molar-refractivity contribution in [3.8, 4) is 6.07 Å². The molecule has 0 aliphatic heterocycles. The van der Waals surface area contributed by atoms with E-state index in [2.05, 4.69) is 37.2 Å². The third-order valence-corrected chi connectivity index (χ3v) is 10.7. The van der Waals surface area contributed by atoms with E-state index in [4.69, 9.17) is 9.84 Å². The lowest BCUT2D eigenvalue weighted by Gasteiger charge is -2.34. The summed E-state index contributed by atoms with van der Waals surface area (Å²) in [5, 5.41) is 54.9. The first-order valence-electron chi connectivity index (χ1n) is 22.6. The van der Waals surface area contributed by atoms with Gasteiger partial charge in [0.25, 0.3) is 12.4 Å². The average molecular weight is 993 g/mol. The van der Waals surface area contributed by atoms with E-state index >= 15 is 0 Å². The normalized spacial score (nSPS) is 13.9. The van der Waals surface area contributed by atoms with Gasteiger partial charge in [-0.3, -0.25) is 52.7 Å². The van der Waals surface area contributed by atoms with Gasteiger partial charge < -0.3 is 57.3 Å².